The third-order valence-corrected chi connectivity index (χ3v) is 0. The Labute approximate surface area is 115 Å². The van der Waals surface area contributed by atoms with E-state index in [2.05, 4.69) is 0 Å². The van der Waals surface area contributed by atoms with Crippen LogP contribution in [-0.2, 0) is 0 Å². The van der Waals surface area contributed by atoms with E-state index in [1.54, 1.807) is 0 Å². The van der Waals surface area contributed by atoms with Crippen molar-refractivity contribution < 1.29 is 89.2 Å². The minimum atomic E-state index is 0. The van der Waals surface area contributed by atoms with Crippen LogP contribution >= 0.6 is 0 Å². The average Bonchev–Trinajstić information content (AvgIpc) is 1.00. The maximum atomic E-state index is 9.53. The fraction of sp³-hybridized carbons (Fsp3) is 0. The van der Waals surface area contributed by atoms with Gasteiger partial charge in [0.2, 0.25) is 0 Å². The Kier molecular flexibility index (Phi) is 61.9. The number of hydrogen-bond donors (Lipinski definition) is 0. The molecule has 0 aliphatic carbocycles. The molecule has 0 saturated carbocycles. The zero-order chi connectivity index (χ0) is 2.00. The molecule has 0 aromatic carbocycles. The molecule has 4 heavy (non-hydrogen) atoms. The van der Waals surface area contributed by atoms with Gasteiger partial charge in [0, 0.05) is 49.4 Å². The van der Waals surface area contributed by atoms with Gasteiger partial charge < -0.3 is 0 Å². The van der Waals surface area contributed by atoms with Crippen LogP contribution in [0.2, 0.25) is 0 Å². The molecule has 0 aromatic rings. The van der Waals surface area contributed by atoms with Crippen LogP contribution in [0.15, 0.2) is 0 Å². The molecular formula is HEuFGdNa. The second-order valence-corrected chi connectivity index (χ2v) is 0. The van der Waals surface area contributed by atoms with Crippen molar-refractivity contribution in [2.75, 3.05) is 0 Å². The van der Waals surface area contributed by atoms with E-state index in [9.17, 15) is 1.12 Å². The fourth-order valence-corrected chi connectivity index (χ4v) is 0. The van der Waals surface area contributed by atoms with Crippen LogP contribution in [0.1, 0.15) is 0 Å². The van der Waals surface area contributed by atoms with Gasteiger partial charge in [-0.1, -0.05) is 0 Å². The Hall–Kier alpha value is 3.84. The summed E-state index contributed by atoms with van der Waals surface area (Å²) in [6, 6.07) is 0. The van der Waals surface area contributed by atoms with Gasteiger partial charge in [-0.05, 0) is 0 Å². The molecule has 0 aromatic heterocycles. The molecule has 0 nitrogen and oxygen atoms in total. The monoisotopic (exact) mass is 354 g/mol. The molecule has 1 radical (unpaired) electrons. The van der Waals surface area contributed by atoms with Crippen LogP contribution in [-0.4, -0.2) is 29.6 Å². The molecule has 0 spiro atoms. The molecular weight excluding hydrogens is 351 g/mol. The van der Waals surface area contributed by atoms with Gasteiger partial charge in [-0.2, -0.15) is 0 Å². The summed E-state index contributed by atoms with van der Waals surface area (Å²) in [5.74, 6) is 0. The second-order valence-electron chi connectivity index (χ2n) is 0. The Morgan fingerprint density at radius 3 is 1.25 bits per heavy atom. The molecule has 0 aliphatic heterocycles. The maximum absolute atomic E-state index is 9.53. The summed E-state index contributed by atoms with van der Waals surface area (Å²) in [4.78, 5) is 0. The zero-order valence-electron chi connectivity index (χ0n) is 1.11. The molecule has 24 valence electrons. The topological polar surface area (TPSA) is 0 Å². The summed E-state index contributed by atoms with van der Waals surface area (Å²) in [6.07, 6.45) is 0. The molecule has 0 saturated heterocycles. The summed E-state index contributed by atoms with van der Waals surface area (Å²) in [5.41, 5.74) is 0. The predicted octanol–water partition coefficient (Wildman–Crippen LogP) is -0.228. The van der Waals surface area contributed by atoms with Gasteiger partial charge in [0.1, 0.15) is 0 Å². The van der Waals surface area contributed by atoms with Crippen molar-refractivity contribution >= 4 is 29.6 Å². The van der Waals surface area contributed by atoms with Crippen LogP contribution in [0.5, 0.6) is 0 Å². The Morgan fingerprint density at radius 1 is 1.25 bits per heavy atom. The first-order valence-electron chi connectivity index (χ1n) is 0.134. The second kappa shape index (κ2) is 15.8. The van der Waals surface area contributed by atoms with Gasteiger partial charge in [0.05, 0.1) is 0 Å². The summed E-state index contributed by atoms with van der Waals surface area (Å²) in [6.45, 7) is 0. The molecule has 0 N–H and O–H groups in total. The van der Waals surface area contributed by atoms with E-state index in [-0.39, 0.29) is 78.9 Å². The number of rotatable bonds is 0. The van der Waals surface area contributed by atoms with Crippen molar-refractivity contribution in [3.05, 3.63) is 0 Å². The Bertz CT molecular complexity index is 8.00. The molecule has 0 fully saturated rings. The zero-order valence-corrected chi connectivity index (χ0v) is 5.80. The quantitative estimate of drug-likeness (QED) is 0.529. The Morgan fingerprint density at radius 2 is 1.25 bits per heavy atom. The normalized spacial score (nSPS) is 1.50. The first kappa shape index (κ1) is 15.7. The van der Waals surface area contributed by atoms with E-state index in [4.69, 9.17) is 0 Å². The summed E-state index contributed by atoms with van der Waals surface area (Å²) in [7, 11) is 0. The third kappa shape index (κ3) is 9.28. The van der Waals surface area contributed by atoms with Crippen LogP contribution in [0.4, 0.5) is 1.12 Å². The van der Waals surface area contributed by atoms with E-state index >= 15 is 0 Å². The van der Waals surface area contributed by atoms with Gasteiger partial charge >= 0.3 is 69.4 Å². The van der Waals surface area contributed by atoms with Gasteiger partial charge in [-0.15, -0.1) is 0 Å². The third-order valence-electron chi connectivity index (χ3n) is 0. The molecule has 0 amide bonds. The van der Waals surface area contributed by atoms with Crippen molar-refractivity contribution in [2.45, 2.75) is 0 Å². The first-order valence-corrected chi connectivity index (χ1v) is 0.991. The van der Waals surface area contributed by atoms with E-state index in [1.165, 1.54) is 0 Å². The number of hydrogen-bond acceptors (Lipinski definition) is 0. The molecule has 0 atom stereocenters. The standard InChI is InChI=1S/Eu.FH.Gd.Na.H/h;1H;;;/q;;+1;;/p-1. The van der Waals surface area contributed by atoms with Crippen LogP contribution in [0, 0.1) is 88.1 Å². The van der Waals surface area contributed by atoms with Gasteiger partial charge in [-0.25, -0.2) is 0 Å². The van der Waals surface area contributed by atoms with Crippen molar-refractivity contribution in [1.82, 2.24) is 0 Å². The molecule has 0 unspecified atom stereocenters. The molecule has 0 heterocycles. The molecule has 0 bridgehead atoms. The molecule has 0 rings (SSSR count). The van der Waals surface area contributed by atoms with Crippen LogP contribution in [0.25, 0.3) is 0 Å². The fourth-order valence-electron chi connectivity index (χ4n) is 0. The SMILES string of the molecule is [Eu].[F][Gd].[NaH]. The van der Waals surface area contributed by atoms with Crippen molar-refractivity contribution in [3.8, 4) is 0 Å². The van der Waals surface area contributed by atoms with E-state index in [0.717, 1.165) is 0 Å². The minimum absolute atomic E-state index is 0. The van der Waals surface area contributed by atoms with E-state index in [0.29, 0.717) is 38.7 Å². The number of halogens is 1. The van der Waals surface area contributed by atoms with E-state index in [1.807, 2.05) is 0 Å². The van der Waals surface area contributed by atoms with Crippen molar-refractivity contribution in [2.24, 2.45) is 0 Å². The first-order chi connectivity index (χ1) is 1.00. The predicted molar refractivity (Wildman–Crippen MR) is 8.26 cm³/mol. The van der Waals surface area contributed by atoms with Gasteiger partial charge in [0.25, 0.3) is 0 Å². The molecule has 4 heteroatoms. The summed E-state index contributed by atoms with van der Waals surface area (Å²) >= 11 is 0.361. The van der Waals surface area contributed by atoms with Crippen LogP contribution in [0.3, 0.4) is 0 Å². The van der Waals surface area contributed by atoms with E-state index < -0.39 is 0 Å². The molecule has 0 aliphatic rings. The van der Waals surface area contributed by atoms with Gasteiger partial charge in [0.15, 0.2) is 0 Å². The summed E-state index contributed by atoms with van der Waals surface area (Å²) in [5, 5.41) is 0. The summed E-state index contributed by atoms with van der Waals surface area (Å²) < 4.78 is 9.53. The van der Waals surface area contributed by atoms with Crippen molar-refractivity contribution in [3.63, 3.8) is 0 Å². The van der Waals surface area contributed by atoms with Gasteiger partial charge in [-0.3, -0.25) is 0 Å². The van der Waals surface area contributed by atoms with Crippen molar-refractivity contribution in [1.29, 1.82) is 0 Å². The Balaban J connectivity index is -0.00000000500. The average molecular weight is 352 g/mol. The van der Waals surface area contributed by atoms with Crippen LogP contribution < -0.4 is 0 Å².